The molecule has 0 saturated heterocycles. The average Bonchev–Trinajstić information content (AvgIpc) is 2.58. The molecule has 0 bridgehead atoms. The van der Waals surface area contributed by atoms with Gasteiger partial charge in [0, 0.05) is 21.4 Å². The molecule has 0 aliphatic carbocycles. The van der Waals surface area contributed by atoms with Gasteiger partial charge in [0.1, 0.15) is 0 Å². The van der Waals surface area contributed by atoms with E-state index < -0.39 is 0 Å². The van der Waals surface area contributed by atoms with Crippen molar-refractivity contribution in [2.75, 3.05) is 5.32 Å². The molecule has 0 amide bonds. The number of nitrogens with zero attached hydrogens (tertiary/aromatic N) is 2. The molecule has 0 radical (unpaired) electrons. The summed E-state index contributed by atoms with van der Waals surface area (Å²) in [5.41, 5.74) is 3.49. The van der Waals surface area contributed by atoms with Crippen LogP contribution in [0.5, 0.6) is 0 Å². The van der Waals surface area contributed by atoms with Gasteiger partial charge in [-0.2, -0.15) is 10.2 Å². The van der Waals surface area contributed by atoms with E-state index in [0.29, 0.717) is 10.0 Å². The highest BCUT2D eigenvalue weighted by molar-refractivity contribution is 6.30. The number of hydrogen-bond acceptors (Lipinski definition) is 3. The smallest absolute Gasteiger partial charge is 0.0858 e. The topological polar surface area (TPSA) is 36.8 Å². The summed E-state index contributed by atoms with van der Waals surface area (Å²) in [6.45, 7) is 0. The van der Waals surface area contributed by atoms with E-state index in [-0.39, 0.29) is 0 Å². The van der Waals surface area contributed by atoms with Crippen LogP contribution in [0.2, 0.25) is 10.0 Å². The summed E-state index contributed by atoms with van der Waals surface area (Å²) in [4.78, 5) is 0. The molecule has 0 saturated carbocycles. The van der Waals surface area contributed by atoms with E-state index in [4.69, 9.17) is 23.2 Å². The number of azo groups is 1. The van der Waals surface area contributed by atoms with Crippen molar-refractivity contribution in [1.29, 1.82) is 0 Å². The second-order valence-corrected chi connectivity index (χ2v) is 5.73. The standard InChI is InChI=1S/C18H13Cl2N3/c19-13-1-5-15(6-2-13)21-16-9-11-18(12-10-16)23-22-17-7-3-14(20)4-8-17/h1-12,21H. The monoisotopic (exact) mass is 341 g/mol. The lowest BCUT2D eigenvalue weighted by Crippen LogP contribution is -1.88. The highest BCUT2D eigenvalue weighted by Gasteiger charge is 1.96. The van der Waals surface area contributed by atoms with Crippen LogP contribution in [0.3, 0.4) is 0 Å². The summed E-state index contributed by atoms with van der Waals surface area (Å²) in [6, 6.07) is 22.5. The van der Waals surface area contributed by atoms with Crippen LogP contribution in [-0.2, 0) is 0 Å². The van der Waals surface area contributed by atoms with Crippen molar-refractivity contribution >= 4 is 46.0 Å². The Bertz CT molecular complexity index is 795. The number of hydrogen-bond donors (Lipinski definition) is 1. The van der Waals surface area contributed by atoms with Crippen LogP contribution in [0.25, 0.3) is 0 Å². The molecule has 1 N–H and O–H groups in total. The zero-order chi connectivity index (χ0) is 16.1. The predicted octanol–water partition coefficient (Wildman–Crippen LogP) is 7.15. The van der Waals surface area contributed by atoms with E-state index >= 15 is 0 Å². The van der Waals surface area contributed by atoms with Crippen LogP contribution in [0.15, 0.2) is 83.0 Å². The van der Waals surface area contributed by atoms with E-state index in [1.165, 1.54) is 0 Å². The van der Waals surface area contributed by atoms with Gasteiger partial charge in [0.25, 0.3) is 0 Å². The third-order valence-electron chi connectivity index (χ3n) is 3.11. The molecule has 3 aromatic rings. The van der Waals surface area contributed by atoms with E-state index in [1.54, 1.807) is 12.1 Å². The molecular formula is C18H13Cl2N3. The quantitative estimate of drug-likeness (QED) is 0.502. The minimum Gasteiger partial charge on any atom is -0.356 e. The van der Waals surface area contributed by atoms with Crippen molar-refractivity contribution in [1.82, 2.24) is 0 Å². The average molecular weight is 342 g/mol. The first-order valence-corrected chi connectivity index (χ1v) is 7.75. The number of halogens is 2. The summed E-state index contributed by atoms with van der Waals surface area (Å²) in [5.74, 6) is 0. The molecule has 114 valence electrons. The number of anilines is 2. The molecule has 5 heteroatoms. The number of nitrogens with one attached hydrogen (secondary N) is 1. The first kappa shape index (κ1) is 15.5. The number of rotatable bonds is 4. The third-order valence-corrected chi connectivity index (χ3v) is 3.61. The maximum Gasteiger partial charge on any atom is 0.0858 e. The molecular weight excluding hydrogens is 329 g/mol. The van der Waals surface area contributed by atoms with Gasteiger partial charge < -0.3 is 5.32 Å². The predicted molar refractivity (Wildman–Crippen MR) is 96.8 cm³/mol. The zero-order valence-corrected chi connectivity index (χ0v) is 13.6. The van der Waals surface area contributed by atoms with Gasteiger partial charge in [-0.25, -0.2) is 0 Å². The van der Waals surface area contributed by atoms with Crippen molar-refractivity contribution in [2.45, 2.75) is 0 Å². The van der Waals surface area contributed by atoms with Crippen molar-refractivity contribution in [2.24, 2.45) is 10.2 Å². The molecule has 0 aliphatic rings. The first-order chi connectivity index (χ1) is 11.2. The first-order valence-electron chi connectivity index (χ1n) is 6.99. The fourth-order valence-electron chi connectivity index (χ4n) is 1.93. The molecule has 0 aliphatic heterocycles. The molecule has 0 fully saturated rings. The molecule has 0 aromatic heterocycles. The molecule has 3 rings (SSSR count). The second-order valence-electron chi connectivity index (χ2n) is 4.86. The van der Waals surface area contributed by atoms with Crippen LogP contribution in [0, 0.1) is 0 Å². The van der Waals surface area contributed by atoms with Crippen molar-refractivity contribution < 1.29 is 0 Å². The van der Waals surface area contributed by atoms with Crippen LogP contribution in [0.1, 0.15) is 0 Å². The van der Waals surface area contributed by atoms with Gasteiger partial charge in [-0.3, -0.25) is 0 Å². The Morgan fingerprint density at radius 1 is 0.522 bits per heavy atom. The molecule has 0 unspecified atom stereocenters. The van der Waals surface area contributed by atoms with Crippen LogP contribution in [0.4, 0.5) is 22.7 Å². The van der Waals surface area contributed by atoms with E-state index in [0.717, 1.165) is 22.7 Å². The summed E-state index contributed by atoms with van der Waals surface area (Å²) in [7, 11) is 0. The van der Waals surface area contributed by atoms with E-state index in [9.17, 15) is 0 Å². The lowest BCUT2D eigenvalue weighted by Gasteiger charge is -2.06. The van der Waals surface area contributed by atoms with Crippen molar-refractivity contribution in [3.8, 4) is 0 Å². The van der Waals surface area contributed by atoms with Gasteiger partial charge in [-0.1, -0.05) is 23.2 Å². The molecule has 0 atom stereocenters. The largest absolute Gasteiger partial charge is 0.356 e. The maximum atomic E-state index is 5.87. The van der Waals surface area contributed by atoms with Crippen LogP contribution in [-0.4, -0.2) is 0 Å². The Labute approximate surface area is 144 Å². The molecule has 0 heterocycles. The van der Waals surface area contributed by atoms with Gasteiger partial charge in [-0.05, 0) is 72.8 Å². The Kier molecular flexibility index (Phi) is 4.91. The van der Waals surface area contributed by atoms with Gasteiger partial charge in [0.05, 0.1) is 11.4 Å². The lowest BCUT2D eigenvalue weighted by atomic mass is 10.2. The van der Waals surface area contributed by atoms with Gasteiger partial charge in [-0.15, -0.1) is 0 Å². The third kappa shape index (κ3) is 4.55. The van der Waals surface area contributed by atoms with Crippen molar-refractivity contribution in [3.63, 3.8) is 0 Å². The molecule has 3 nitrogen and oxygen atoms in total. The van der Waals surface area contributed by atoms with Gasteiger partial charge in [0.15, 0.2) is 0 Å². The maximum absolute atomic E-state index is 5.87. The van der Waals surface area contributed by atoms with E-state index in [1.807, 2.05) is 60.7 Å². The SMILES string of the molecule is Clc1ccc(N=Nc2ccc(Nc3ccc(Cl)cc3)cc2)cc1. The summed E-state index contributed by atoms with van der Waals surface area (Å²) < 4.78 is 0. The zero-order valence-electron chi connectivity index (χ0n) is 12.1. The van der Waals surface area contributed by atoms with Gasteiger partial charge >= 0.3 is 0 Å². The fraction of sp³-hybridized carbons (Fsp3) is 0. The highest BCUT2D eigenvalue weighted by atomic mass is 35.5. The lowest BCUT2D eigenvalue weighted by molar-refractivity contribution is 1.23. The fourth-order valence-corrected chi connectivity index (χ4v) is 2.19. The molecule has 23 heavy (non-hydrogen) atoms. The Balaban J connectivity index is 1.67. The minimum atomic E-state index is 0.682. The minimum absolute atomic E-state index is 0.682. The van der Waals surface area contributed by atoms with E-state index in [2.05, 4.69) is 15.5 Å². The second kappa shape index (κ2) is 7.27. The molecule has 0 spiro atoms. The summed E-state index contributed by atoms with van der Waals surface area (Å²) in [5, 5.41) is 13.1. The van der Waals surface area contributed by atoms with Gasteiger partial charge in [0.2, 0.25) is 0 Å². The normalized spacial score (nSPS) is 10.9. The van der Waals surface area contributed by atoms with Crippen LogP contribution >= 0.6 is 23.2 Å². The summed E-state index contributed by atoms with van der Waals surface area (Å²) in [6.07, 6.45) is 0. The van der Waals surface area contributed by atoms with Crippen LogP contribution < -0.4 is 5.32 Å². The number of benzene rings is 3. The highest BCUT2D eigenvalue weighted by Crippen LogP contribution is 2.23. The Morgan fingerprint density at radius 3 is 1.35 bits per heavy atom. The van der Waals surface area contributed by atoms with Crippen molar-refractivity contribution in [3.05, 3.63) is 82.8 Å². The Hall–Kier alpha value is -2.36. The molecule has 3 aromatic carbocycles. The summed E-state index contributed by atoms with van der Waals surface area (Å²) >= 11 is 11.7. The Morgan fingerprint density at radius 2 is 0.870 bits per heavy atom.